The van der Waals surface area contributed by atoms with Gasteiger partial charge in [0.25, 0.3) is 5.91 Å². The van der Waals surface area contributed by atoms with Gasteiger partial charge in [-0.15, -0.1) is 0 Å². The van der Waals surface area contributed by atoms with Gasteiger partial charge in [0, 0.05) is 6.54 Å². The van der Waals surface area contributed by atoms with Crippen molar-refractivity contribution in [3.05, 3.63) is 11.8 Å². The highest BCUT2D eigenvalue weighted by Gasteiger charge is 2.10. The normalized spacial score (nSPS) is 10.8. The number of carbonyl (C=O) groups excluding carboxylic acids is 1. The van der Waals surface area contributed by atoms with Gasteiger partial charge >= 0.3 is 0 Å². The van der Waals surface area contributed by atoms with Crippen LogP contribution in [0.4, 0.5) is 5.82 Å². The molecule has 1 heterocycles. The van der Waals surface area contributed by atoms with Crippen LogP contribution >= 0.6 is 0 Å². The lowest BCUT2D eigenvalue weighted by atomic mass is 10.0. The third-order valence-electron chi connectivity index (χ3n) is 2.91. The third-order valence-corrected chi connectivity index (χ3v) is 2.91. The minimum absolute atomic E-state index is 0.150. The summed E-state index contributed by atoms with van der Waals surface area (Å²) >= 11 is 0. The van der Waals surface area contributed by atoms with Gasteiger partial charge in [-0.05, 0) is 12.3 Å². The second kappa shape index (κ2) is 7.74. The van der Waals surface area contributed by atoms with E-state index in [9.17, 15) is 4.79 Å². The van der Waals surface area contributed by atoms with Crippen LogP contribution < -0.4 is 11.1 Å². The van der Waals surface area contributed by atoms with Crippen molar-refractivity contribution in [2.45, 2.75) is 46.0 Å². The summed E-state index contributed by atoms with van der Waals surface area (Å²) in [5, 5.41) is 9.11. The Balaban J connectivity index is 2.05. The molecule has 0 unspecified atom stereocenters. The molecule has 1 aromatic heterocycles. The van der Waals surface area contributed by atoms with Crippen LogP contribution in [0, 0.1) is 5.92 Å². The molecule has 0 aromatic carbocycles. The van der Waals surface area contributed by atoms with E-state index in [-0.39, 0.29) is 5.91 Å². The SMILES string of the molecule is CC(C)CCCCCCNC(=O)c1cn[nH]c1N. The van der Waals surface area contributed by atoms with E-state index in [1.165, 1.54) is 25.5 Å². The molecular weight excluding hydrogens is 228 g/mol. The molecule has 0 aliphatic rings. The predicted octanol–water partition coefficient (Wildman–Crippen LogP) is 2.33. The Hall–Kier alpha value is -1.52. The molecule has 1 rings (SSSR count). The molecule has 1 amide bonds. The summed E-state index contributed by atoms with van der Waals surface area (Å²) < 4.78 is 0. The second-order valence-corrected chi connectivity index (χ2v) is 5.05. The number of anilines is 1. The maximum absolute atomic E-state index is 11.7. The number of hydrogen-bond acceptors (Lipinski definition) is 3. The maximum Gasteiger partial charge on any atom is 0.256 e. The molecule has 0 fully saturated rings. The predicted molar refractivity (Wildman–Crippen MR) is 73.3 cm³/mol. The quantitative estimate of drug-likeness (QED) is 0.621. The van der Waals surface area contributed by atoms with E-state index in [1.54, 1.807) is 0 Å². The lowest BCUT2D eigenvalue weighted by Crippen LogP contribution is -2.24. The van der Waals surface area contributed by atoms with Crippen molar-refractivity contribution in [1.82, 2.24) is 15.5 Å². The molecule has 18 heavy (non-hydrogen) atoms. The van der Waals surface area contributed by atoms with Crippen LogP contribution in [0.3, 0.4) is 0 Å². The molecule has 4 N–H and O–H groups in total. The molecule has 0 spiro atoms. The molecule has 0 saturated heterocycles. The van der Waals surface area contributed by atoms with Crippen LogP contribution in [0.25, 0.3) is 0 Å². The van der Waals surface area contributed by atoms with Crippen molar-refractivity contribution < 1.29 is 4.79 Å². The lowest BCUT2D eigenvalue weighted by molar-refractivity contribution is 0.0954. The standard InChI is InChI=1S/C13H24N4O/c1-10(2)7-5-3-4-6-8-15-13(18)11-9-16-17-12(11)14/h9-10H,3-8H2,1-2H3,(H,15,18)(H3,14,16,17). The number of nitrogen functional groups attached to an aromatic ring is 1. The molecule has 0 bridgehead atoms. The van der Waals surface area contributed by atoms with Crippen LogP contribution in [-0.2, 0) is 0 Å². The number of nitrogens with one attached hydrogen (secondary N) is 2. The fourth-order valence-corrected chi connectivity index (χ4v) is 1.81. The Morgan fingerprint density at radius 3 is 2.72 bits per heavy atom. The molecule has 1 aromatic rings. The Bertz CT molecular complexity index is 360. The highest BCUT2D eigenvalue weighted by Crippen LogP contribution is 2.09. The van der Waals surface area contributed by atoms with Gasteiger partial charge in [-0.2, -0.15) is 5.10 Å². The van der Waals surface area contributed by atoms with Crippen LogP contribution in [0.2, 0.25) is 0 Å². The van der Waals surface area contributed by atoms with Crippen LogP contribution in [0.1, 0.15) is 56.3 Å². The van der Waals surface area contributed by atoms with E-state index in [4.69, 9.17) is 5.73 Å². The topological polar surface area (TPSA) is 83.8 Å². The number of nitrogens with zero attached hydrogens (tertiary/aromatic N) is 1. The summed E-state index contributed by atoms with van der Waals surface area (Å²) in [6.07, 6.45) is 7.43. The minimum atomic E-state index is -0.150. The zero-order valence-corrected chi connectivity index (χ0v) is 11.3. The van der Waals surface area contributed by atoms with Crippen molar-refractivity contribution in [3.63, 3.8) is 0 Å². The smallest absolute Gasteiger partial charge is 0.256 e. The first-order valence-electron chi connectivity index (χ1n) is 6.68. The van der Waals surface area contributed by atoms with Crippen molar-refractivity contribution in [2.24, 2.45) is 5.92 Å². The van der Waals surface area contributed by atoms with Gasteiger partial charge in [-0.1, -0.05) is 39.5 Å². The summed E-state index contributed by atoms with van der Waals surface area (Å²) in [5.74, 6) is 0.960. The third kappa shape index (κ3) is 5.21. The zero-order chi connectivity index (χ0) is 13.4. The number of nitrogens with two attached hydrogens (primary N) is 1. The van der Waals surface area contributed by atoms with Crippen molar-refractivity contribution >= 4 is 11.7 Å². The van der Waals surface area contributed by atoms with E-state index in [2.05, 4.69) is 29.4 Å². The summed E-state index contributed by atoms with van der Waals surface area (Å²) in [7, 11) is 0. The van der Waals surface area contributed by atoms with E-state index in [0.717, 1.165) is 18.8 Å². The average Bonchev–Trinajstić information content (AvgIpc) is 2.73. The largest absolute Gasteiger partial charge is 0.383 e. The van der Waals surface area contributed by atoms with Crippen molar-refractivity contribution in [2.75, 3.05) is 12.3 Å². The van der Waals surface area contributed by atoms with Gasteiger partial charge in [0.05, 0.1) is 6.20 Å². The van der Waals surface area contributed by atoms with Gasteiger partial charge in [-0.3, -0.25) is 9.89 Å². The molecular formula is C13H24N4O. The fourth-order valence-electron chi connectivity index (χ4n) is 1.81. The van der Waals surface area contributed by atoms with Crippen LogP contribution in [0.5, 0.6) is 0 Å². The van der Waals surface area contributed by atoms with Gasteiger partial charge in [0.15, 0.2) is 0 Å². The minimum Gasteiger partial charge on any atom is -0.383 e. The summed E-state index contributed by atoms with van der Waals surface area (Å²) in [5.41, 5.74) is 5.99. The first kappa shape index (κ1) is 14.5. The monoisotopic (exact) mass is 252 g/mol. The van der Waals surface area contributed by atoms with E-state index in [0.29, 0.717) is 17.9 Å². The highest BCUT2D eigenvalue weighted by atomic mass is 16.1. The van der Waals surface area contributed by atoms with E-state index < -0.39 is 0 Å². The number of amides is 1. The van der Waals surface area contributed by atoms with Crippen molar-refractivity contribution in [1.29, 1.82) is 0 Å². The second-order valence-electron chi connectivity index (χ2n) is 5.05. The lowest BCUT2D eigenvalue weighted by Gasteiger charge is -2.05. The molecule has 0 aliphatic carbocycles. The maximum atomic E-state index is 11.7. The Morgan fingerprint density at radius 1 is 1.39 bits per heavy atom. The summed E-state index contributed by atoms with van der Waals surface area (Å²) in [4.78, 5) is 11.7. The van der Waals surface area contributed by atoms with Crippen LogP contribution in [-0.4, -0.2) is 22.6 Å². The first-order valence-corrected chi connectivity index (χ1v) is 6.68. The number of unbranched alkanes of at least 4 members (excludes halogenated alkanes) is 3. The molecule has 0 atom stereocenters. The highest BCUT2D eigenvalue weighted by molar-refractivity contribution is 5.97. The zero-order valence-electron chi connectivity index (χ0n) is 11.3. The van der Waals surface area contributed by atoms with Crippen LogP contribution in [0.15, 0.2) is 6.20 Å². The molecule has 0 saturated carbocycles. The van der Waals surface area contributed by atoms with Crippen molar-refractivity contribution in [3.8, 4) is 0 Å². The van der Waals surface area contributed by atoms with E-state index in [1.807, 2.05) is 0 Å². The average molecular weight is 252 g/mol. The Kier molecular flexibility index (Phi) is 6.25. The molecule has 5 heteroatoms. The van der Waals surface area contributed by atoms with E-state index >= 15 is 0 Å². The number of aromatic nitrogens is 2. The molecule has 102 valence electrons. The Morgan fingerprint density at radius 2 is 2.11 bits per heavy atom. The number of H-pyrrole nitrogens is 1. The molecule has 0 aliphatic heterocycles. The van der Waals surface area contributed by atoms with Gasteiger partial charge < -0.3 is 11.1 Å². The number of hydrogen-bond donors (Lipinski definition) is 3. The fraction of sp³-hybridized carbons (Fsp3) is 0.692. The first-order chi connectivity index (χ1) is 8.61. The summed E-state index contributed by atoms with van der Waals surface area (Å²) in [6, 6.07) is 0. The molecule has 0 radical (unpaired) electrons. The van der Waals surface area contributed by atoms with Gasteiger partial charge in [-0.25, -0.2) is 0 Å². The number of aromatic amines is 1. The van der Waals surface area contributed by atoms with Gasteiger partial charge in [0.2, 0.25) is 0 Å². The van der Waals surface area contributed by atoms with Gasteiger partial charge in [0.1, 0.15) is 11.4 Å². The molecule has 5 nitrogen and oxygen atoms in total. The number of rotatable bonds is 8. The summed E-state index contributed by atoms with van der Waals surface area (Å²) in [6.45, 7) is 5.19. The Labute approximate surface area is 109 Å². The number of carbonyl (C=O) groups is 1.